The summed E-state index contributed by atoms with van der Waals surface area (Å²) in [4.78, 5) is 21.6. The van der Waals surface area contributed by atoms with Crippen molar-refractivity contribution in [3.05, 3.63) is 6.42 Å². The summed E-state index contributed by atoms with van der Waals surface area (Å²) in [6.07, 6.45) is 3.72. The van der Waals surface area contributed by atoms with Crippen LogP contribution in [-0.4, -0.2) is 24.1 Å². The van der Waals surface area contributed by atoms with Gasteiger partial charge in [0.05, 0.1) is 0 Å². The van der Waals surface area contributed by atoms with Crippen molar-refractivity contribution in [2.75, 3.05) is 0 Å². The zero-order valence-electron chi connectivity index (χ0n) is 10.0. The molecule has 2 bridgehead atoms. The molecule has 2 aliphatic carbocycles. The summed E-state index contributed by atoms with van der Waals surface area (Å²) in [5.74, 6) is 0.129. The van der Waals surface area contributed by atoms with Crippen molar-refractivity contribution in [1.29, 1.82) is 0 Å². The number of hydrogen-bond acceptors (Lipinski definition) is 4. The minimum atomic E-state index is -0.243. The molecule has 4 nitrogen and oxygen atoms in total. The van der Waals surface area contributed by atoms with Crippen LogP contribution in [0, 0.1) is 18.3 Å². The van der Waals surface area contributed by atoms with Crippen LogP contribution in [0.5, 0.6) is 0 Å². The van der Waals surface area contributed by atoms with Gasteiger partial charge in [0.15, 0.2) is 0 Å². The number of fused-ring (bicyclic) bond motifs is 2. The second-order valence-corrected chi connectivity index (χ2v) is 4.31. The Bertz CT molecular complexity index is 269. The van der Waals surface area contributed by atoms with Crippen molar-refractivity contribution in [2.24, 2.45) is 11.8 Å². The fourth-order valence-electron chi connectivity index (χ4n) is 2.62. The number of esters is 2. The van der Waals surface area contributed by atoms with E-state index in [1.807, 2.05) is 6.42 Å². The third kappa shape index (κ3) is 4.09. The van der Waals surface area contributed by atoms with Crippen LogP contribution in [0.1, 0.15) is 26.7 Å². The van der Waals surface area contributed by atoms with Gasteiger partial charge in [-0.2, -0.15) is 0 Å². The maximum Gasteiger partial charge on any atom is 1.00 e. The number of ether oxygens (including phenoxy) is 2. The molecule has 0 aromatic heterocycles. The smallest absolute Gasteiger partial charge is 1.00 e. The summed E-state index contributed by atoms with van der Waals surface area (Å²) in [6, 6.07) is 0. The first-order valence-electron chi connectivity index (χ1n) is 5.25. The van der Waals surface area contributed by atoms with Gasteiger partial charge in [0, 0.05) is 32.1 Å². The van der Waals surface area contributed by atoms with Crippen LogP contribution in [0.25, 0.3) is 0 Å². The van der Waals surface area contributed by atoms with E-state index >= 15 is 0 Å². The monoisotopic (exact) mass is 448 g/mol. The van der Waals surface area contributed by atoms with Crippen LogP contribution >= 0.6 is 0 Å². The number of halogens is 1. The quantitative estimate of drug-likeness (QED) is 0.367. The van der Waals surface area contributed by atoms with E-state index in [2.05, 4.69) is 0 Å². The average Bonchev–Trinajstić information content (AvgIpc) is 2.60. The molecule has 0 saturated heterocycles. The Morgan fingerprint density at radius 3 is 2.12 bits per heavy atom. The fraction of sp³-hybridized carbons (Fsp3) is 0.727. The first-order chi connectivity index (χ1) is 7.06. The van der Waals surface area contributed by atoms with Crippen molar-refractivity contribution in [1.82, 2.24) is 0 Å². The van der Waals surface area contributed by atoms with Gasteiger partial charge >= 0.3 is 39.6 Å². The van der Waals surface area contributed by atoms with Crippen LogP contribution in [0.2, 0.25) is 0 Å². The number of carbonyl (C=O) groups is 2. The SMILES string of the molecule is CC(=O)O[C@H]1[CH][C@H]2C[C@@H]1C[C@H]2OC(C)=O.[Cl-].[Hg+]. The molecule has 0 N–H and O–H groups in total. The molecular weight excluding hydrogens is 432 g/mol. The minimum Gasteiger partial charge on any atom is -1.00 e. The number of rotatable bonds is 2. The summed E-state index contributed by atoms with van der Waals surface area (Å²) < 4.78 is 10.4. The molecule has 0 aromatic rings. The van der Waals surface area contributed by atoms with Crippen molar-refractivity contribution in [3.63, 3.8) is 0 Å². The van der Waals surface area contributed by atoms with Gasteiger partial charge in [-0.05, 0) is 12.8 Å². The molecule has 2 rings (SSSR count). The predicted octanol–water partition coefficient (Wildman–Crippen LogP) is -1.90. The van der Waals surface area contributed by atoms with Gasteiger partial charge in [-0.3, -0.25) is 9.59 Å². The molecule has 6 heteroatoms. The van der Waals surface area contributed by atoms with Crippen LogP contribution in [0.15, 0.2) is 0 Å². The second-order valence-electron chi connectivity index (χ2n) is 4.31. The van der Waals surface area contributed by atoms with Crippen molar-refractivity contribution in [3.8, 4) is 0 Å². The standard InChI is InChI=1S/C11H15O4.ClH.Hg/c1-6(12)14-10-4-9-3-8(10)5-11(9)15-7(2)13;;/h4,8-11H,3,5H2,1-2H3;1H;/q;;+1/p-1/t8-,9-,10+,11-;;/m1../s1. The van der Waals surface area contributed by atoms with E-state index in [-0.39, 0.29) is 70.1 Å². The first kappa shape index (κ1) is 17.2. The molecule has 0 amide bonds. The molecule has 0 unspecified atom stereocenters. The zero-order valence-corrected chi connectivity index (χ0v) is 16.3. The predicted molar refractivity (Wildman–Crippen MR) is 51.6 cm³/mol. The van der Waals surface area contributed by atoms with Gasteiger partial charge < -0.3 is 21.9 Å². The fourth-order valence-corrected chi connectivity index (χ4v) is 2.62. The summed E-state index contributed by atoms with van der Waals surface area (Å²) in [6.45, 7) is 2.85. The van der Waals surface area contributed by atoms with E-state index in [0.717, 1.165) is 12.8 Å². The van der Waals surface area contributed by atoms with Gasteiger partial charge in [-0.15, -0.1) is 0 Å². The average molecular weight is 447 g/mol. The van der Waals surface area contributed by atoms with Gasteiger partial charge in [-0.1, -0.05) is 0 Å². The summed E-state index contributed by atoms with van der Waals surface area (Å²) in [5.41, 5.74) is 0. The Labute approximate surface area is 128 Å². The van der Waals surface area contributed by atoms with Gasteiger partial charge in [0.2, 0.25) is 0 Å². The maximum absolute atomic E-state index is 10.8. The Hall–Kier alpha value is 0.165. The maximum atomic E-state index is 10.8. The molecule has 0 spiro atoms. The molecule has 2 aliphatic rings. The van der Waals surface area contributed by atoms with Crippen molar-refractivity contribution < 1.29 is 59.1 Å². The molecule has 4 atom stereocenters. The Morgan fingerprint density at radius 2 is 1.71 bits per heavy atom. The van der Waals surface area contributed by atoms with E-state index in [0.29, 0.717) is 5.92 Å². The van der Waals surface area contributed by atoms with Crippen LogP contribution in [-0.2, 0) is 46.7 Å². The van der Waals surface area contributed by atoms with Crippen LogP contribution in [0.4, 0.5) is 0 Å². The Balaban J connectivity index is 0.00000128. The molecule has 0 aromatic carbocycles. The second kappa shape index (κ2) is 6.93. The molecule has 92 valence electrons. The molecule has 2 radical (unpaired) electrons. The zero-order chi connectivity index (χ0) is 11.0. The van der Waals surface area contributed by atoms with E-state index in [4.69, 9.17) is 9.47 Å². The first-order valence-corrected chi connectivity index (χ1v) is 5.25. The third-order valence-electron chi connectivity index (χ3n) is 3.11. The van der Waals surface area contributed by atoms with E-state index in [9.17, 15) is 9.59 Å². The molecular formula is C11H15ClHgO4. The molecule has 17 heavy (non-hydrogen) atoms. The van der Waals surface area contributed by atoms with Crippen LogP contribution < -0.4 is 12.4 Å². The van der Waals surface area contributed by atoms with Crippen molar-refractivity contribution >= 4 is 11.9 Å². The molecule has 0 heterocycles. The van der Waals surface area contributed by atoms with Gasteiger partial charge in [0.25, 0.3) is 0 Å². The normalized spacial score (nSPS) is 33.3. The van der Waals surface area contributed by atoms with E-state index in [1.54, 1.807) is 0 Å². The van der Waals surface area contributed by atoms with Crippen molar-refractivity contribution in [2.45, 2.75) is 38.9 Å². The summed E-state index contributed by atoms with van der Waals surface area (Å²) >= 11 is 0. The topological polar surface area (TPSA) is 52.6 Å². The van der Waals surface area contributed by atoms with Gasteiger partial charge in [0.1, 0.15) is 12.2 Å². The van der Waals surface area contributed by atoms with E-state index < -0.39 is 0 Å². The summed E-state index contributed by atoms with van der Waals surface area (Å²) in [7, 11) is 0. The van der Waals surface area contributed by atoms with E-state index in [1.165, 1.54) is 13.8 Å². The molecule has 0 aliphatic heterocycles. The minimum absolute atomic E-state index is 0. The van der Waals surface area contributed by atoms with Crippen LogP contribution in [0.3, 0.4) is 0 Å². The summed E-state index contributed by atoms with van der Waals surface area (Å²) in [5, 5.41) is 0. The van der Waals surface area contributed by atoms with Gasteiger partial charge in [-0.25, -0.2) is 0 Å². The Morgan fingerprint density at radius 1 is 1.12 bits per heavy atom. The number of hydrogen-bond donors (Lipinski definition) is 0. The molecule has 2 saturated carbocycles. The number of carbonyl (C=O) groups excluding carboxylic acids is 2. The third-order valence-corrected chi connectivity index (χ3v) is 3.11. The largest absolute Gasteiger partial charge is 1.00 e. The Kier molecular flexibility index (Phi) is 7.00. The molecule has 2 fully saturated rings.